The first kappa shape index (κ1) is 19.2. The molecule has 5 nitrogen and oxygen atoms in total. The summed E-state index contributed by atoms with van der Waals surface area (Å²) in [6, 6.07) is 18.8. The number of carbonyl (C=O) groups is 1. The fraction of sp³-hybridized carbons (Fsp3) is 0.174. The monoisotopic (exact) mass is 406 g/mol. The normalized spacial score (nSPS) is 13.6. The van der Waals surface area contributed by atoms with E-state index in [1.54, 1.807) is 6.07 Å². The average molecular weight is 407 g/mol. The summed E-state index contributed by atoms with van der Waals surface area (Å²) in [7, 11) is 0. The topological polar surface area (TPSA) is 72.3 Å². The van der Waals surface area contributed by atoms with E-state index < -0.39 is 5.97 Å². The van der Waals surface area contributed by atoms with Gasteiger partial charge in [-0.3, -0.25) is 0 Å². The van der Waals surface area contributed by atoms with Crippen molar-refractivity contribution in [1.29, 1.82) is 0 Å². The second kappa shape index (κ2) is 8.45. The van der Waals surface area contributed by atoms with Crippen LogP contribution in [0.15, 0.2) is 60.7 Å². The first-order valence-corrected chi connectivity index (χ1v) is 9.75. The van der Waals surface area contributed by atoms with Crippen molar-refractivity contribution in [2.45, 2.75) is 25.9 Å². The van der Waals surface area contributed by atoms with E-state index in [4.69, 9.17) is 21.4 Å². The summed E-state index contributed by atoms with van der Waals surface area (Å²) in [6.45, 7) is 0.463. The molecule has 2 aromatic carbocycles. The molecule has 0 amide bonds. The van der Waals surface area contributed by atoms with Crippen LogP contribution < -0.4 is 4.74 Å². The maximum atomic E-state index is 11.0. The van der Waals surface area contributed by atoms with Crippen LogP contribution in [0.25, 0.3) is 11.1 Å². The van der Waals surface area contributed by atoms with Crippen molar-refractivity contribution >= 4 is 28.7 Å². The second-order valence-electron chi connectivity index (χ2n) is 6.83. The zero-order valence-electron chi connectivity index (χ0n) is 15.6. The van der Waals surface area contributed by atoms with Crippen LogP contribution in [0, 0.1) is 0 Å². The Kier molecular flexibility index (Phi) is 5.58. The quantitative estimate of drug-likeness (QED) is 0.585. The number of nitrogens with zero attached hydrogens (tertiary/aromatic N) is 2. The number of hydrogen-bond donors (Lipinski definition) is 1. The number of carboxylic acids is 1. The molecule has 3 aromatic rings. The van der Waals surface area contributed by atoms with Crippen LogP contribution in [0.2, 0.25) is 5.02 Å². The highest BCUT2D eigenvalue weighted by molar-refractivity contribution is 6.30. The molecule has 0 saturated carbocycles. The lowest BCUT2D eigenvalue weighted by Crippen LogP contribution is -2.03. The summed E-state index contributed by atoms with van der Waals surface area (Å²) in [4.78, 5) is 11.0. The van der Waals surface area contributed by atoms with Gasteiger partial charge in [0.1, 0.15) is 12.4 Å². The second-order valence-corrected chi connectivity index (χ2v) is 7.27. The Morgan fingerprint density at radius 1 is 1.00 bits per heavy atom. The van der Waals surface area contributed by atoms with E-state index in [0.29, 0.717) is 17.3 Å². The molecule has 0 aliphatic heterocycles. The van der Waals surface area contributed by atoms with Crippen molar-refractivity contribution in [3.63, 3.8) is 0 Å². The number of halogens is 1. The highest BCUT2D eigenvalue weighted by atomic mass is 35.5. The number of hydrogen-bond acceptors (Lipinski definition) is 4. The molecule has 146 valence electrons. The summed E-state index contributed by atoms with van der Waals surface area (Å²) in [6.07, 6.45) is 2.71. The molecule has 0 fully saturated rings. The molecule has 0 unspecified atom stereocenters. The van der Waals surface area contributed by atoms with Crippen molar-refractivity contribution in [1.82, 2.24) is 10.2 Å². The van der Waals surface area contributed by atoms with Crippen LogP contribution in [0.3, 0.4) is 0 Å². The number of benzene rings is 2. The highest BCUT2D eigenvalue weighted by Crippen LogP contribution is 2.43. The maximum Gasteiger partial charge on any atom is 0.356 e. The van der Waals surface area contributed by atoms with Gasteiger partial charge in [0.15, 0.2) is 5.69 Å². The van der Waals surface area contributed by atoms with Crippen molar-refractivity contribution in [2.75, 3.05) is 0 Å². The zero-order chi connectivity index (χ0) is 20.2. The molecule has 1 aromatic heterocycles. The van der Waals surface area contributed by atoms with E-state index in [9.17, 15) is 4.79 Å². The molecule has 1 N–H and O–H groups in total. The third-order valence-electron chi connectivity index (χ3n) is 4.91. The van der Waals surface area contributed by atoms with Crippen molar-refractivity contribution in [3.8, 4) is 5.75 Å². The summed E-state index contributed by atoms with van der Waals surface area (Å²) < 4.78 is 6.12. The van der Waals surface area contributed by atoms with Gasteiger partial charge >= 0.3 is 5.97 Å². The lowest BCUT2D eigenvalue weighted by Gasteiger charge is -2.15. The third-order valence-corrected chi connectivity index (χ3v) is 5.15. The van der Waals surface area contributed by atoms with Crippen LogP contribution in [0.4, 0.5) is 0 Å². The predicted octanol–water partition coefficient (Wildman–Crippen LogP) is 5.50. The first-order valence-electron chi connectivity index (χ1n) is 9.38. The molecule has 1 aliphatic rings. The largest absolute Gasteiger partial charge is 0.488 e. The number of rotatable bonds is 6. The first-order chi connectivity index (χ1) is 14.1. The van der Waals surface area contributed by atoms with Crippen molar-refractivity contribution in [3.05, 3.63) is 88.2 Å². The number of ether oxygens (including phenoxy) is 1. The van der Waals surface area contributed by atoms with Gasteiger partial charge in [0.25, 0.3) is 0 Å². The summed E-state index contributed by atoms with van der Waals surface area (Å²) in [5.41, 5.74) is 4.84. The molecule has 0 bridgehead atoms. The number of carboxylic acid groups (broad SMARTS) is 1. The SMILES string of the molecule is O=C(O)c1ccc(C2=C(c3cc(Cl)ccc3OCc3ccccc3)CCC2)nn1. The molecule has 1 aliphatic carbocycles. The lowest BCUT2D eigenvalue weighted by atomic mass is 9.99. The minimum Gasteiger partial charge on any atom is -0.488 e. The molecule has 6 heteroatoms. The molecule has 0 radical (unpaired) electrons. The van der Waals surface area contributed by atoms with Crippen molar-refractivity contribution in [2.24, 2.45) is 0 Å². The van der Waals surface area contributed by atoms with Crippen LogP contribution in [-0.2, 0) is 6.61 Å². The Balaban J connectivity index is 1.69. The van der Waals surface area contributed by atoms with Gasteiger partial charge in [-0.15, -0.1) is 5.10 Å². The Morgan fingerprint density at radius 3 is 2.52 bits per heavy atom. The lowest BCUT2D eigenvalue weighted by molar-refractivity contribution is 0.0689. The smallest absolute Gasteiger partial charge is 0.356 e. The summed E-state index contributed by atoms with van der Waals surface area (Å²) in [5, 5.41) is 17.6. The van der Waals surface area contributed by atoms with Crippen molar-refractivity contribution < 1.29 is 14.6 Å². The van der Waals surface area contributed by atoms with Gasteiger partial charge in [0.05, 0.1) is 5.69 Å². The maximum absolute atomic E-state index is 11.0. The third kappa shape index (κ3) is 4.30. The van der Waals surface area contributed by atoms with Gasteiger partial charge in [-0.2, -0.15) is 5.10 Å². The molecule has 0 atom stereocenters. The average Bonchev–Trinajstić information content (AvgIpc) is 3.23. The van der Waals surface area contributed by atoms with E-state index >= 15 is 0 Å². The van der Waals surface area contributed by atoms with Crippen LogP contribution in [0.5, 0.6) is 5.75 Å². The van der Waals surface area contributed by atoms with Gasteiger partial charge in [-0.25, -0.2) is 4.79 Å². The summed E-state index contributed by atoms with van der Waals surface area (Å²) in [5.74, 6) is -0.320. The van der Waals surface area contributed by atoms with Gasteiger partial charge in [0.2, 0.25) is 0 Å². The molecule has 0 saturated heterocycles. The number of aromatic carboxylic acids is 1. The Hall–Kier alpha value is -3.18. The van der Waals surface area contributed by atoms with E-state index in [0.717, 1.165) is 47.3 Å². The zero-order valence-corrected chi connectivity index (χ0v) is 16.4. The van der Waals surface area contributed by atoms with Crippen LogP contribution >= 0.6 is 11.6 Å². The van der Waals surface area contributed by atoms with E-state index in [1.165, 1.54) is 6.07 Å². The number of allylic oxidation sites excluding steroid dienone is 2. The molecule has 4 rings (SSSR count). The van der Waals surface area contributed by atoms with Gasteiger partial charge < -0.3 is 9.84 Å². The summed E-state index contributed by atoms with van der Waals surface area (Å²) >= 11 is 6.29. The van der Waals surface area contributed by atoms with Gasteiger partial charge in [-0.1, -0.05) is 41.9 Å². The molecular weight excluding hydrogens is 388 g/mol. The minimum absolute atomic E-state index is 0.0662. The Morgan fingerprint density at radius 2 is 1.79 bits per heavy atom. The molecule has 0 spiro atoms. The highest BCUT2D eigenvalue weighted by Gasteiger charge is 2.22. The van der Waals surface area contributed by atoms with Crippen LogP contribution in [-0.4, -0.2) is 21.3 Å². The number of aromatic nitrogens is 2. The van der Waals surface area contributed by atoms with Crippen LogP contribution in [0.1, 0.15) is 46.6 Å². The molecular formula is C23H19ClN2O3. The molecule has 1 heterocycles. The fourth-order valence-electron chi connectivity index (χ4n) is 3.53. The van der Waals surface area contributed by atoms with E-state index in [2.05, 4.69) is 10.2 Å². The fourth-order valence-corrected chi connectivity index (χ4v) is 3.70. The minimum atomic E-state index is -1.09. The molecule has 29 heavy (non-hydrogen) atoms. The van der Waals surface area contributed by atoms with Gasteiger partial charge in [0, 0.05) is 10.6 Å². The van der Waals surface area contributed by atoms with E-state index in [1.807, 2.05) is 48.5 Å². The Labute approximate surface area is 173 Å². The standard InChI is InChI=1S/C23H19ClN2O3/c24-16-9-12-22(29-14-15-5-2-1-3-6-15)19(13-16)17-7-4-8-18(17)20-10-11-21(23(27)28)26-25-20/h1-3,5-6,9-13H,4,7-8,14H2,(H,27,28). The Bertz CT molecular complexity index is 1060. The van der Waals surface area contributed by atoms with E-state index in [-0.39, 0.29) is 5.69 Å². The van der Waals surface area contributed by atoms with Gasteiger partial charge in [-0.05, 0) is 66.3 Å². The predicted molar refractivity (Wildman–Crippen MR) is 112 cm³/mol.